The molecule has 0 aromatic heterocycles. The van der Waals surface area contributed by atoms with E-state index in [-0.39, 0.29) is 110 Å². The molecule has 0 atom stereocenters. The Kier molecular flexibility index (Phi) is 30.0. The zero-order chi connectivity index (χ0) is 98.1. The maximum absolute atomic E-state index is 15.8. The van der Waals surface area contributed by atoms with Gasteiger partial charge < -0.3 is 47.4 Å². The molecule has 690 valence electrons. The topological polar surface area (TPSA) is 280 Å². The highest BCUT2D eigenvalue weighted by atomic mass is 16.6. The minimum Gasteiger partial charge on any atom is -0.462 e. The molecule has 0 bridgehead atoms. The summed E-state index contributed by atoms with van der Waals surface area (Å²) in [5.41, 5.74) is 12.5. The number of Topliss-reactive ketones (excluding diaryl/α,β-unsaturated/α-hetero) is 1. The van der Waals surface area contributed by atoms with Gasteiger partial charge >= 0.3 is 59.7 Å². The minimum atomic E-state index is -0.716. The van der Waals surface area contributed by atoms with Crippen molar-refractivity contribution in [1.29, 1.82) is 0 Å². The summed E-state index contributed by atoms with van der Waals surface area (Å²) in [5.74, 6) is 7.88. The van der Waals surface area contributed by atoms with Crippen LogP contribution in [0.3, 0.4) is 0 Å². The SMILES string of the molecule is O=C1C(c2ccc(C#Cc3ccccc3)cc2)=C(c2ccc(CCCOC(=O)c3ccc(C(=O)Oc4ccc(OC(=O)c5ccc(C(=O)Oc6ccc(OC(=O)c7ccccc7)cc6)cc5)cc4)cc3)cc2)C(c2ccc(CCCOC(=O)c3ccc(C(=O)Oc4ccc(OC(=O)c5ccc(C(=O)Oc6ccc(OC(=O)c7ccccc7)cc6)cc5)cc4)cc3)cc2)=C1c1ccc(C#Cc2ccccc2)cc1. The largest absolute Gasteiger partial charge is 0.462 e. The van der Waals surface area contributed by atoms with Gasteiger partial charge in [0.15, 0.2) is 5.78 Å². The number of rotatable bonds is 30. The van der Waals surface area contributed by atoms with E-state index >= 15 is 4.79 Å². The number of ether oxygens (including phenoxy) is 10. The predicted molar refractivity (Wildman–Crippen MR) is 531 cm³/mol. The maximum Gasteiger partial charge on any atom is 0.343 e. The molecule has 0 spiro atoms. The Labute approximate surface area is 815 Å². The third kappa shape index (κ3) is 24.6. The molecule has 0 radical (unpaired) electrons. The van der Waals surface area contributed by atoms with E-state index in [0.717, 1.165) is 44.5 Å². The van der Waals surface area contributed by atoms with E-state index in [4.69, 9.17) is 47.4 Å². The first-order valence-electron chi connectivity index (χ1n) is 45.0. The Morgan fingerprint density at radius 3 is 0.570 bits per heavy atom. The fourth-order valence-corrected chi connectivity index (χ4v) is 15.0. The molecule has 0 unspecified atom stereocenters. The zero-order valence-electron chi connectivity index (χ0n) is 75.6. The first kappa shape index (κ1) is 94.3. The lowest BCUT2D eigenvalue weighted by Gasteiger charge is -2.15. The van der Waals surface area contributed by atoms with Crippen LogP contribution < -0.4 is 37.9 Å². The normalized spacial score (nSPS) is 11.3. The van der Waals surface area contributed by atoms with Crippen LogP contribution in [-0.2, 0) is 27.1 Å². The van der Waals surface area contributed by atoms with E-state index in [1.807, 2.05) is 158 Å². The number of benzene rings is 16. The van der Waals surface area contributed by atoms with Gasteiger partial charge in [0.1, 0.15) is 46.0 Å². The van der Waals surface area contributed by atoms with Crippen molar-refractivity contribution in [3.63, 3.8) is 0 Å². The van der Waals surface area contributed by atoms with E-state index in [0.29, 0.717) is 70.2 Å². The number of ketones is 1. The Balaban J connectivity index is 0.501. The third-order valence-corrected chi connectivity index (χ3v) is 22.4. The third-order valence-electron chi connectivity index (χ3n) is 22.4. The van der Waals surface area contributed by atoms with Crippen molar-refractivity contribution in [2.45, 2.75) is 25.7 Å². The molecule has 0 heterocycles. The van der Waals surface area contributed by atoms with Gasteiger partial charge in [-0.15, -0.1) is 0 Å². The Morgan fingerprint density at radius 1 is 0.176 bits per heavy atom. The van der Waals surface area contributed by atoms with Crippen molar-refractivity contribution in [3.8, 4) is 69.7 Å². The van der Waals surface area contributed by atoms with Gasteiger partial charge in [-0.05, 0) is 326 Å². The summed E-state index contributed by atoms with van der Waals surface area (Å²) in [6, 6.07) is 114. The number of aryl methyl sites for hydroxylation is 2. The predicted octanol–water partition coefficient (Wildman–Crippen LogP) is 22.9. The minimum absolute atomic E-state index is 0.0775. The molecule has 0 saturated carbocycles. The Bertz CT molecular complexity index is 7120. The molecule has 0 amide bonds. The molecular formula is C121H80O21. The summed E-state index contributed by atoms with van der Waals surface area (Å²) in [6.45, 7) is 0.155. The molecule has 17 rings (SSSR count). The highest BCUT2D eigenvalue weighted by molar-refractivity contribution is 6.59. The molecule has 16 aromatic rings. The van der Waals surface area contributed by atoms with Gasteiger partial charge in [-0.3, -0.25) is 4.79 Å². The second kappa shape index (κ2) is 45.2. The van der Waals surface area contributed by atoms with Crippen LogP contribution in [0.15, 0.2) is 413 Å². The van der Waals surface area contributed by atoms with Crippen molar-refractivity contribution in [3.05, 3.63) is 524 Å². The summed E-state index contributed by atoms with van der Waals surface area (Å²) in [5, 5.41) is 0. The molecule has 16 aromatic carbocycles. The van der Waals surface area contributed by atoms with Crippen molar-refractivity contribution in [1.82, 2.24) is 0 Å². The number of allylic oxidation sites excluding steroid dienone is 4. The summed E-state index contributed by atoms with van der Waals surface area (Å²) in [6.07, 6.45) is 1.98. The maximum atomic E-state index is 15.8. The summed E-state index contributed by atoms with van der Waals surface area (Å²) < 4.78 is 55.5. The number of hydrogen-bond donors (Lipinski definition) is 0. The highest BCUT2D eigenvalue weighted by Gasteiger charge is 2.36. The van der Waals surface area contributed by atoms with Gasteiger partial charge in [-0.25, -0.2) is 47.9 Å². The molecule has 21 nitrogen and oxygen atoms in total. The van der Waals surface area contributed by atoms with E-state index in [2.05, 4.69) is 23.7 Å². The summed E-state index contributed by atoms with van der Waals surface area (Å²) in [4.78, 5) is 146. The molecule has 0 aliphatic heterocycles. The average Bonchev–Trinajstić information content (AvgIpc) is 1.58. The van der Waals surface area contributed by atoms with Crippen molar-refractivity contribution < 1.29 is 100 Å². The Morgan fingerprint density at radius 2 is 0.352 bits per heavy atom. The van der Waals surface area contributed by atoms with Crippen LogP contribution in [0.5, 0.6) is 46.0 Å². The van der Waals surface area contributed by atoms with Crippen LogP contribution in [0, 0.1) is 23.7 Å². The van der Waals surface area contributed by atoms with E-state index in [1.165, 1.54) is 194 Å². The lowest BCUT2D eigenvalue weighted by molar-refractivity contribution is -0.108. The fraction of sp³-hybridized carbons (Fsp3) is 0.0496. The zero-order valence-corrected chi connectivity index (χ0v) is 75.6. The van der Waals surface area contributed by atoms with E-state index in [9.17, 15) is 47.9 Å². The summed E-state index contributed by atoms with van der Waals surface area (Å²) in [7, 11) is 0. The molecule has 142 heavy (non-hydrogen) atoms. The summed E-state index contributed by atoms with van der Waals surface area (Å²) >= 11 is 0. The second-order valence-corrected chi connectivity index (χ2v) is 32.1. The molecule has 0 saturated heterocycles. The van der Waals surface area contributed by atoms with E-state index < -0.39 is 59.7 Å². The van der Waals surface area contributed by atoms with Gasteiger partial charge in [0.25, 0.3) is 0 Å². The molecule has 21 heteroatoms. The average molecular weight is 1870 g/mol. The molecule has 1 aliphatic rings. The van der Waals surface area contributed by atoms with Gasteiger partial charge in [-0.2, -0.15) is 0 Å². The van der Waals surface area contributed by atoms with Gasteiger partial charge in [0, 0.05) is 44.5 Å². The number of hydrogen-bond acceptors (Lipinski definition) is 21. The molecule has 1 aliphatic carbocycles. The molecule has 0 N–H and O–H groups in total. The second-order valence-electron chi connectivity index (χ2n) is 32.1. The standard InChI is InChI=1S/C121H80O21/c122-111-109(87-41-33-83(34-42-87)27-25-79-15-5-1-6-16-79)107(85-37-29-81(30-38-85)19-13-77-133-112(123)91-45-49-93(50-46-91)116(127)137-103-69-73-105(74-70-103)141-120(131)97-57-53-95(54-58-97)118(129)139-101-65-61-99(62-66-101)135-114(125)89-21-9-3-10-22-89)108(110(111)88-43-35-84(36-44-88)28-26-80-17-7-2-8-18-80)86-39-31-82(32-40-86)20-14-78-134-113(124)92-47-51-94(52-48-92)117(128)138-104-71-75-106(76-72-104)142-121(132)98-59-55-96(56-60-98)119(130)140-102-67-63-100(64-68-102)136-115(126)90-23-11-4-12-24-90/h1-12,15-18,21-24,29-76H,13-14,19-20,77-78H2. The molecular weight excluding hydrogens is 1790 g/mol. The van der Waals surface area contributed by atoms with Crippen LogP contribution in [0.1, 0.15) is 172 Å². The first-order valence-corrected chi connectivity index (χ1v) is 45.0. The van der Waals surface area contributed by atoms with Crippen LogP contribution in [0.4, 0.5) is 0 Å². The first-order chi connectivity index (χ1) is 69.3. The fourth-order valence-electron chi connectivity index (χ4n) is 15.0. The smallest absolute Gasteiger partial charge is 0.343 e. The van der Waals surface area contributed by atoms with Crippen molar-refractivity contribution >= 4 is 87.8 Å². The van der Waals surface area contributed by atoms with Crippen LogP contribution >= 0.6 is 0 Å². The van der Waals surface area contributed by atoms with Crippen LogP contribution in [0.2, 0.25) is 0 Å². The van der Waals surface area contributed by atoms with Crippen molar-refractivity contribution in [2.24, 2.45) is 0 Å². The van der Waals surface area contributed by atoms with Crippen LogP contribution in [-0.4, -0.2) is 78.7 Å². The number of esters is 10. The monoisotopic (exact) mass is 1870 g/mol. The number of carbonyl (C=O) groups is 11. The van der Waals surface area contributed by atoms with Crippen LogP contribution in [0.25, 0.3) is 22.3 Å². The lowest BCUT2D eigenvalue weighted by Crippen LogP contribution is -2.12. The highest BCUT2D eigenvalue weighted by Crippen LogP contribution is 2.50. The quantitative estimate of drug-likeness (QED) is 0.0175. The Hall–Kier alpha value is -19.5. The van der Waals surface area contributed by atoms with Gasteiger partial charge in [0.05, 0.1) is 68.8 Å². The van der Waals surface area contributed by atoms with Gasteiger partial charge in [0.2, 0.25) is 0 Å². The number of carbonyl (C=O) groups excluding carboxylic acids is 11. The van der Waals surface area contributed by atoms with E-state index in [1.54, 1.807) is 60.7 Å². The van der Waals surface area contributed by atoms with Gasteiger partial charge in [-0.1, -0.05) is 169 Å². The lowest BCUT2D eigenvalue weighted by atomic mass is 9.88. The molecule has 0 fully saturated rings. The van der Waals surface area contributed by atoms with Crippen molar-refractivity contribution in [2.75, 3.05) is 13.2 Å².